The number of nitroso groups, excluding NO2 is 1. The number of hydrogen-bond donors (Lipinski definition) is 0. The number of ether oxygens (including phenoxy) is 1. The van der Waals surface area contributed by atoms with E-state index in [1.165, 1.54) is 0 Å². The fourth-order valence-electron chi connectivity index (χ4n) is 2.48. The van der Waals surface area contributed by atoms with Crippen LogP contribution in [0.15, 0.2) is 47.6 Å². The standard InChI is InChI=1S/C17H17N3O2/c1-11(2)22-14-9-7-13(8-10-14)16-17(19-21)20-12(3)5-4-6-15(20)18-16/h4-11H,1-3H3. The molecule has 0 saturated carbocycles. The Morgan fingerprint density at radius 2 is 1.86 bits per heavy atom. The maximum Gasteiger partial charge on any atom is 0.209 e. The van der Waals surface area contributed by atoms with Gasteiger partial charge in [0.25, 0.3) is 0 Å². The average molecular weight is 295 g/mol. The van der Waals surface area contributed by atoms with Gasteiger partial charge in [0.15, 0.2) is 0 Å². The molecule has 5 nitrogen and oxygen atoms in total. The first kappa shape index (κ1) is 14.3. The van der Waals surface area contributed by atoms with Crippen molar-refractivity contribution >= 4 is 11.5 Å². The molecule has 1 aromatic carbocycles. The van der Waals surface area contributed by atoms with Crippen LogP contribution in [0.3, 0.4) is 0 Å². The maximum absolute atomic E-state index is 11.3. The minimum absolute atomic E-state index is 0.121. The molecule has 0 amide bonds. The summed E-state index contributed by atoms with van der Waals surface area (Å²) in [5.41, 5.74) is 3.06. The van der Waals surface area contributed by atoms with Gasteiger partial charge in [0, 0.05) is 11.3 Å². The number of pyridine rings is 1. The van der Waals surface area contributed by atoms with Crippen molar-refractivity contribution in [2.45, 2.75) is 26.9 Å². The predicted molar refractivity (Wildman–Crippen MR) is 86.6 cm³/mol. The van der Waals surface area contributed by atoms with E-state index >= 15 is 0 Å². The highest BCUT2D eigenvalue weighted by Crippen LogP contribution is 2.32. The van der Waals surface area contributed by atoms with Crippen LogP contribution >= 0.6 is 0 Å². The summed E-state index contributed by atoms with van der Waals surface area (Å²) in [4.78, 5) is 15.8. The molecule has 0 spiro atoms. The van der Waals surface area contributed by atoms with Crippen molar-refractivity contribution in [3.05, 3.63) is 53.1 Å². The molecule has 2 aromatic heterocycles. The number of fused-ring (bicyclic) bond motifs is 1. The van der Waals surface area contributed by atoms with Gasteiger partial charge in [0.05, 0.1) is 6.10 Å². The van der Waals surface area contributed by atoms with Crippen molar-refractivity contribution in [1.82, 2.24) is 9.38 Å². The van der Waals surface area contributed by atoms with E-state index in [-0.39, 0.29) is 6.10 Å². The van der Waals surface area contributed by atoms with Crippen LogP contribution in [0.2, 0.25) is 0 Å². The molecule has 22 heavy (non-hydrogen) atoms. The van der Waals surface area contributed by atoms with Gasteiger partial charge in [0.1, 0.15) is 17.1 Å². The van der Waals surface area contributed by atoms with Crippen LogP contribution < -0.4 is 4.74 Å². The lowest BCUT2D eigenvalue weighted by molar-refractivity contribution is 0.242. The summed E-state index contributed by atoms with van der Waals surface area (Å²) in [5, 5.41) is 3.19. The number of nitrogens with zero attached hydrogens (tertiary/aromatic N) is 3. The van der Waals surface area contributed by atoms with Crippen molar-refractivity contribution in [2.24, 2.45) is 5.18 Å². The summed E-state index contributed by atoms with van der Waals surface area (Å²) in [6.07, 6.45) is 0.121. The van der Waals surface area contributed by atoms with Gasteiger partial charge in [-0.1, -0.05) is 6.07 Å². The second kappa shape index (κ2) is 5.60. The third-order valence-corrected chi connectivity index (χ3v) is 3.40. The van der Waals surface area contributed by atoms with Crippen LogP contribution in [-0.2, 0) is 0 Å². The Hall–Kier alpha value is -2.69. The molecule has 0 radical (unpaired) electrons. The van der Waals surface area contributed by atoms with Gasteiger partial charge in [-0.05, 0) is 62.3 Å². The largest absolute Gasteiger partial charge is 0.491 e. The molecule has 112 valence electrons. The second-order valence-corrected chi connectivity index (χ2v) is 5.43. The molecular formula is C17H17N3O2. The molecule has 3 aromatic rings. The van der Waals surface area contributed by atoms with Gasteiger partial charge < -0.3 is 4.74 Å². The number of imidazole rings is 1. The molecule has 0 N–H and O–H groups in total. The lowest BCUT2D eigenvalue weighted by Gasteiger charge is -2.09. The Bertz CT molecular complexity index is 820. The minimum atomic E-state index is 0.121. The highest BCUT2D eigenvalue weighted by molar-refractivity contribution is 5.75. The van der Waals surface area contributed by atoms with E-state index in [9.17, 15) is 4.91 Å². The second-order valence-electron chi connectivity index (χ2n) is 5.43. The van der Waals surface area contributed by atoms with Crippen molar-refractivity contribution in [2.75, 3.05) is 0 Å². The van der Waals surface area contributed by atoms with Crippen LogP contribution in [0.5, 0.6) is 5.75 Å². The van der Waals surface area contributed by atoms with Gasteiger partial charge in [-0.2, -0.15) is 0 Å². The van der Waals surface area contributed by atoms with Gasteiger partial charge in [0.2, 0.25) is 5.82 Å². The summed E-state index contributed by atoms with van der Waals surface area (Å²) in [7, 11) is 0. The van der Waals surface area contributed by atoms with E-state index in [0.29, 0.717) is 17.2 Å². The first-order chi connectivity index (χ1) is 10.6. The minimum Gasteiger partial charge on any atom is -0.491 e. The fraction of sp³-hybridized carbons (Fsp3) is 0.235. The van der Waals surface area contributed by atoms with Gasteiger partial charge in [-0.15, -0.1) is 4.91 Å². The number of benzene rings is 1. The molecule has 0 bridgehead atoms. The van der Waals surface area contributed by atoms with Crippen LogP contribution in [0.25, 0.3) is 16.9 Å². The first-order valence-electron chi connectivity index (χ1n) is 7.18. The predicted octanol–water partition coefficient (Wildman–Crippen LogP) is 4.49. The Morgan fingerprint density at radius 1 is 1.14 bits per heavy atom. The fourth-order valence-corrected chi connectivity index (χ4v) is 2.48. The molecule has 0 saturated heterocycles. The molecule has 0 fully saturated rings. The van der Waals surface area contributed by atoms with Crippen molar-refractivity contribution in [1.29, 1.82) is 0 Å². The summed E-state index contributed by atoms with van der Waals surface area (Å²) >= 11 is 0. The van der Waals surface area contributed by atoms with Crippen molar-refractivity contribution in [3.8, 4) is 17.0 Å². The molecule has 2 heterocycles. The number of hydrogen-bond acceptors (Lipinski definition) is 4. The van der Waals surface area contributed by atoms with Gasteiger partial charge in [-0.25, -0.2) is 4.98 Å². The Labute approximate surface area is 128 Å². The Balaban J connectivity index is 2.10. The zero-order valence-electron chi connectivity index (χ0n) is 12.8. The molecule has 0 aliphatic rings. The van der Waals surface area contributed by atoms with E-state index < -0.39 is 0 Å². The zero-order chi connectivity index (χ0) is 15.7. The van der Waals surface area contributed by atoms with E-state index in [0.717, 1.165) is 17.0 Å². The molecule has 0 atom stereocenters. The first-order valence-corrected chi connectivity index (χ1v) is 7.18. The molecule has 3 rings (SSSR count). The van der Waals surface area contributed by atoms with E-state index in [2.05, 4.69) is 10.2 Å². The highest BCUT2D eigenvalue weighted by atomic mass is 16.5. The van der Waals surface area contributed by atoms with Gasteiger partial charge in [-0.3, -0.25) is 4.40 Å². The Morgan fingerprint density at radius 3 is 2.50 bits per heavy atom. The molecule has 0 unspecified atom stereocenters. The third kappa shape index (κ3) is 2.45. The van der Waals surface area contributed by atoms with Crippen LogP contribution in [0.4, 0.5) is 5.82 Å². The topological polar surface area (TPSA) is 56.0 Å². The van der Waals surface area contributed by atoms with Crippen LogP contribution in [-0.4, -0.2) is 15.5 Å². The zero-order valence-corrected chi connectivity index (χ0v) is 12.8. The lowest BCUT2D eigenvalue weighted by Crippen LogP contribution is -2.05. The maximum atomic E-state index is 11.3. The normalized spacial score (nSPS) is 11.1. The summed E-state index contributed by atoms with van der Waals surface area (Å²) in [6, 6.07) is 13.2. The molecule has 0 aliphatic heterocycles. The third-order valence-electron chi connectivity index (χ3n) is 3.40. The lowest BCUT2D eigenvalue weighted by atomic mass is 10.1. The Kier molecular flexibility index (Phi) is 3.63. The SMILES string of the molecule is Cc1cccc2nc(-c3ccc(OC(C)C)cc3)c(N=O)n12. The van der Waals surface area contributed by atoms with Crippen molar-refractivity contribution in [3.63, 3.8) is 0 Å². The highest BCUT2D eigenvalue weighted by Gasteiger charge is 2.16. The summed E-state index contributed by atoms with van der Waals surface area (Å²) < 4.78 is 7.39. The average Bonchev–Trinajstić information content (AvgIpc) is 2.87. The summed E-state index contributed by atoms with van der Waals surface area (Å²) in [6.45, 7) is 5.88. The quantitative estimate of drug-likeness (QED) is 0.666. The number of aromatic nitrogens is 2. The van der Waals surface area contributed by atoms with Gasteiger partial charge >= 0.3 is 0 Å². The smallest absolute Gasteiger partial charge is 0.209 e. The monoisotopic (exact) mass is 295 g/mol. The van der Waals surface area contributed by atoms with E-state index in [4.69, 9.17) is 4.74 Å². The molecular weight excluding hydrogens is 278 g/mol. The van der Waals surface area contributed by atoms with Crippen LogP contribution in [0.1, 0.15) is 19.5 Å². The summed E-state index contributed by atoms with van der Waals surface area (Å²) in [5.74, 6) is 1.12. The number of aryl methyl sites for hydroxylation is 1. The van der Waals surface area contributed by atoms with E-state index in [1.807, 2.05) is 63.2 Å². The number of rotatable bonds is 4. The molecule has 5 heteroatoms. The van der Waals surface area contributed by atoms with Crippen molar-refractivity contribution < 1.29 is 4.74 Å². The van der Waals surface area contributed by atoms with Crippen LogP contribution in [0, 0.1) is 11.8 Å². The van der Waals surface area contributed by atoms with E-state index in [1.54, 1.807) is 4.40 Å². The molecule has 0 aliphatic carbocycles.